The average molecular weight is 399 g/mol. The van der Waals surface area contributed by atoms with Gasteiger partial charge in [-0.25, -0.2) is 8.42 Å². The Morgan fingerprint density at radius 3 is 2.38 bits per heavy atom. The number of likely N-dealkylation sites (N-methyl/N-ethyl adjacent to an activating group) is 1. The Bertz CT molecular complexity index is 769. The molecule has 0 saturated carbocycles. The van der Waals surface area contributed by atoms with Gasteiger partial charge in [0.2, 0.25) is 10.0 Å². The van der Waals surface area contributed by atoms with Crippen LogP contribution < -0.4 is 0 Å². The van der Waals surface area contributed by atoms with Crippen molar-refractivity contribution in [2.24, 2.45) is 0 Å². The summed E-state index contributed by atoms with van der Waals surface area (Å²) in [5.41, 5.74) is 1.19. The molecule has 1 aliphatic heterocycles. The molecule has 1 saturated heterocycles. The van der Waals surface area contributed by atoms with Crippen LogP contribution in [0.2, 0.25) is 5.02 Å². The van der Waals surface area contributed by atoms with Crippen molar-refractivity contribution in [1.29, 1.82) is 0 Å². The molecule has 0 spiro atoms. The summed E-state index contributed by atoms with van der Waals surface area (Å²) in [7, 11) is -3.71. The molecule has 0 aromatic heterocycles. The Kier molecular flexibility index (Phi) is 7.26. The molecular formula is C19H27ClN2O3S. The lowest BCUT2D eigenvalue weighted by atomic mass is 10.2. The second-order valence-corrected chi connectivity index (χ2v) is 9.05. The summed E-state index contributed by atoms with van der Waals surface area (Å²) in [6.07, 6.45) is 3.75. The van der Waals surface area contributed by atoms with Crippen LogP contribution in [0.1, 0.15) is 49.9 Å². The van der Waals surface area contributed by atoms with Crippen LogP contribution in [0.5, 0.6) is 0 Å². The van der Waals surface area contributed by atoms with Crippen molar-refractivity contribution < 1.29 is 13.2 Å². The van der Waals surface area contributed by atoms with Gasteiger partial charge >= 0.3 is 0 Å². The Balaban J connectivity index is 2.36. The van der Waals surface area contributed by atoms with Crippen LogP contribution in [0.15, 0.2) is 35.2 Å². The van der Waals surface area contributed by atoms with Crippen LogP contribution in [0.3, 0.4) is 0 Å². The zero-order valence-corrected chi connectivity index (χ0v) is 17.1. The molecule has 0 radical (unpaired) electrons. The summed E-state index contributed by atoms with van der Waals surface area (Å²) in [6, 6.07) is 4.48. The van der Waals surface area contributed by atoms with Crippen LogP contribution >= 0.6 is 11.6 Å². The third-order valence-electron chi connectivity index (χ3n) is 4.49. The van der Waals surface area contributed by atoms with Gasteiger partial charge in [0.25, 0.3) is 5.91 Å². The number of rotatable bonds is 6. The van der Waals surface area contributed by atoms with Crippen LogP contribution in [0.4, 0.5) is 0 Å². The van der Waals surface area contributed by atoms with Crippen molar-refractivity contribution in [3.05, 3.63) is 40.9 Å². The molecule has 144 valence electrons. The largest absolute Gasteiger partial charge is 0.335 e. The highest BCUT2D eigenvalue weighted by Crippen LogP contribution is 2.28. The Hall–Kier alpha value is -1.37. The average Bonchev–Trinajstić information content (AvgIpc) is 2.89. The lowest BCUT2D eigenvalue weighted by Crippen LogP contribution is -2.33. The monoisotopic (exact) mass is 398 g/mol. The first-order valence-corrected chi connectivity index (χ1v) is 10.8. The second-order valence-electron chi connectivity index (χ2n) is 6.74. The molecule has 0 N–H and O–H groups in total. The molecule has 1 amide bonds. The number of halogens is 1. The van der Waals surface area contributed by atoms with Gasteiger partial charge < -0.3 is 4.90 Å². The van der Waals surface area contributed by atoms with Crippen LogP contribution in [0, 0.1) is 0 Å². The van der Waals surface area contributed by atoms with E-state index in [1.165, 1.54) is 16.4 Å². The summed E-state index contributed by atoms with van der Waals surface area (Å²) in [5, 5.41) is 0.147. The summed E-state index contributed by atoms with van der Waals surface area (Å²) in [5.74, 6) is -0.223. The van der Waals surface area contributed by atoms with Crippen LogP contribution in [-0.4, -0.2) is 49.7 Å². The van der Waals surface area contributed by atoms with Gasteiger partial charge in [0, 0.05) is 31.7 Å². The molecule has 1 aliphatic rings. The number of hydrogen-bond donors (Lipinski definition) is 0. The quantitative estimate of drug-likeness (QED) is 0.682. The fourth-order valence-corrected chi connectivity index (χ4v) is 5.11. The Labute approximate surface area is 161 Å². The van der Waals surface area contributed by atoms with Gasteiger partial charge in [-0.15, -0.1) is 0 Å². The molecule has 0 atom stereocenters. The van der Waals surface area contributed by atoms with Gasteiger partial charge in [-0.2, -0.15) is 4.31 Å². The first-order chi connectivity index (χ1) is 12.3. The lowest BCUT2D eigenvalue weighted by Gasteiger charge is -2.23. The first-order valence-electron chi connectivity index (χ1n) is 9.00. The van der Waals surface area contributed by atoms with Gasteiger partial charge in [-0.1, -0.05) is 36.6 Å². The molecule has 1 heterocycles. The maximum absolute atomic E-state index is 13.1. The van der Waals surface area contributed by atoms with Gasteiger partial charge in [0.15, 0.2) is 0 Å². The van der Waals surface area contributed by atoms with E-state index >= 15 is 0 Å². The first kappa shape index (κ1) is 20.9. The lowest BCUT2D eigenvalue weighted by molar-refractivity contribution is 0.0778. The van der Waals surface area contributed by atoms with Crippen LogP contribution in [-0.2, 0) is 10.0 Å². The molecule has 1 fully saturated rings. The topological polar surface area (TPSA) is 57.7 Å². The predicted molar refractivity (Wildman–Crippen MR) is 105 cm³/mol. The van der Waals surface area contributed by atoms with E-state index in [-0.39, 0.29) is 15.8 Å². The van der Waals surface area contributed by atoms with Gasteiger partial charge in [0.05, 0.1) is 5.02 Å². The SMILES string of the molecule is C=C(C)CN(CC)C(=O)c1ccc(Cl)c(S(=O)(=O)N2CCCCCC2)c1. The van der Waals surface area contributed by atoms with Crippen molar-refractivity contribution >= 4 is 27.5 Å². The Morgan fingerprint density at radius 2 is 1.85 bits per heavy atom. The van der Waals surface area contributed by atoms with E-state index in [0.717, 1.165) is 31.3 Å². The van der Waals surface area contributed by atoms with Crippen molar-refractivity contribution in [2.75, 3.05) is 26.2 Å². The summed E-state index contributed by atoms with van der Waals surface area (Å²) < 4.78 is 27.6. The fourth-order valence-electron chi connectivity index (χ4n) is 3.09. The van der Waals surface area contributed by atoms with Crippen molar-refractivity contribution in [3.63, 3.8) is 0 Å². The number of carbonyl (C=O) groups excluding carboxylic acids is 1. The van der Waals surface area contributed by atoms with Gasteiger partial charge in [0.1, 0.15) is 4.90 Å². The highest BCUT2D eigenvalue weighted by Gasteiger charge is 2.28. The predicted octanol–water partition coefficient (Wildman–Crippen LogP) is 3.94. The summed E-state index contributed by atoms with van der Waals surface area (Å²) in [4.78, 5) is 14.4. The fraction of sp³-hybridized carbons (Fsp3) is 0.526. The number of sulfonamides is 1. The molecule has 5 nitrogen and oxygen atoms in total. The third kappa shape index (κ3) is 4.87. The zero-order chi connectivity index (χ0) is 19.3. The molecule has 7 heteroatoms. The van der Waals surface area contributed by atoms with E-state index in [9.17, 15) is 13.2 Å². The number of nitrogens with zero attached hydrogens (tertiary/aromatic N) is 2. The minimum Gasteiger partial charge on any atom is -0.335 e. The maximum Gasteiger partial charge on any atom is 0.254 e. The van der Waals surface area contributed by atoms with Gasteiger partial charge in [-0.05, 0) is 44.9 Å². The van der Waals surface area contributed by atoms with E-state index in [2.05, 4.69) is 6.58 Å². The minimum absolute atomic E-state index is 0.0123. The highest BCUT2D eigenvalue weighted by molar-refractivity contribution is 7.89. The molecule has 0 bridgehead atoms. The van der Waals surface area contributed by atoms with Crippen molar-refractivity contribution in [2.45, 2.75) is 44.4 Å². The van der Waals surface area contributed by atoms with E-state index in [1.54, 1.807) is 11.0 Å². The number of carbonyl (C=O) groups is 1. The molecule has 26 heavy (non-hydrogen) atoms. The van der Waals surface area contributed by atoms with Crippen molar-refractivity contribution in [3.8, 4) is 0 Å². The smallest absolute Gasteiger partial charge is 0.254 e. The van der Waals surface area contributed by atoms with Gasteiger partial charge in [-0.3, -0.25) is 4.79 Å². The minimum atomic E-state index is -3.71. The van der Waals surface area contributed by atoms with E-state index in [4.69, 9.17) is 11.6 Å². The highest BCUT2D eigenvalue weighted by atomic mass is 35.5. The van der Waals surface area contributed by atoms with E-state index in [0.29, 0.717) is 31.7 Å². The standard InChI is InChI=1S/C19H27ClN2O3S/c1-4-21(14-15(2)3)19(23)16-9-10-17(20)18(13-16)26(24,25)22-11-7-5-6-8-12-22/h9-10,13H,2,4-8,11-12,14H2,1,3H3. The third-order valence-corrected chi connectivity index (χ3v) is 6.87. The number of amides is 1. The molecular weight excluding hydrogens is 372 g/mol. The van der Waals surface area contributed by atoms with E-state index in [1.807, 2.05) is 13.8 Å². The second kappa shape index (κ2) is 9.02. The van der Waals surface area contributed by atoms with Crippen LogP contribution in [0.25, 0.3) is 0 Å². The summed E-state index contributed by atoms with van der Waals surface area (Å²) >= 11 is 6.20. The number of hydrogen-bond acceptors (Lipinski definition) is 3. The molecule has 1 aromatic carbocycles. The number of benzene rings is 1. The molecule has 2 rings (SSSR count). The molecule has 1 aromatic rings. The Morgan fingerprint density at radius 1 is 1.23 bits per heavy atom. The van der Waals surface area contributed by atoms with E-state index < -0.39 is 10.0 Å². The summed E-state index contributed by atoms with van der Waals surface area (Å²) in [6.45, 7) is 9.52. The molecule has 0 unspecified atom stereocenters. The zero-order valence-electron chi connectivity index (χ0n) is 15.5. The maximum atomic E-state index is 13.1. The molecule has 0 aliphatic carbocycles. The normalized spacial score (nSPS) is 16.1. The van der Waals surface area contributed by atoms with Crippen molar-refractivity contribution in [1.82, 2.24) is 9.21 Å².